The maximum atomic E-state index is 12.3. The van der Waals surface area contributed by atoms with E-state index < -0.39 is 0 Å². The van der Waals surface area contributed by atoms with Crippen molar-refractivity contribution in [2.75, 3.05) is 25.3 Å². The highest BCUT2D eigenvalue weighted by Crippen LogP contribution is 2.29. The molecular weight excluding hydrogens is 394 g/mol. The minimum absolute atomic E-state index is 0.0980. The minimum atomic E-state index is -0.239. The van der Waals surface area contributed by atoms with Crippen molar-refractivity contribution in [3.8, 4) is 17.2 Å². The van der Waals surface area contributed by atoms with E-state index in [2.05, 4.69) is 15.5 Å². The Morgan fingerprint density at radius 1 is 1.10 bits per heavy atom. The van der Waals surface area contributed by atoms with E-state index in [0.29, 0.717) is 28.3 Å². The van der Waals surface area contributed by atoms with Crippen LogP contribution in [0.4, 0.5) is 5.69 Å². The van der Waals surface area contributed by atoms with E-state index in [-0.39, 0.29) is 18.3 Å². The van der Waals surface area contributed by atoms with Gasteiger partial charge in [-0.15, -0.1) is 10.2 Å². The first-order chi connectivity index (χ1) is 14.1. The second kappa shape index (κ2) is 9.83. The van der Waals surface area contributed by atoms with Gasteiger partial charge < -0.3 is 23.9 Å². The van der Waals surface area contributed by atoms with Crippen LogP contribution >= 0.6 is 11.8 Å². The molecule has 0 spiro atoms. The minimum Gasteiger partial charge on any atom is -0.497 e. The standard InChI is InChI=1S/C20H21N3O5S/c1-13-5-4-6-15(9-13)27-11-19-22-23-20(28-19)29-12-18(24)21-16-10-14(25-2)7-8-17(16)26-3/h4-10H,11-12H2,1-3H3,(H,21,24). The number of nitrogens with one attached hydrogen (secondary N) is 1. The number of carbonyl (C=O) groups is 1. The molecule has 0 saturated carbocycles. The fourth-order valence-corrected chi connectivity index (χ4v) is 3.01. The van der Waals surface area contributed by atoms with Crippen LogP contribution in [0.2, 0.25) is 0 Å². The van der Waals surface area contributed by atoms with Gasteiger partial charge in [0.05, 0.1) is 25.7 Å². The van der Waals surface area contributed by atoms with Crippen molar-refractivity contribution in [1.82, 2.24) is 10.2 Å². The summed E-state index contributed by atoms with van der Waals surface area (Å²) in [7, 11) is 3.09. The number of benzene rings is 2. The molecule has 3 rings (SSSR count). The molecule has 3 aromatic rings. The predicted octanol–water partition coefficient (Wildman–Crippen LogP) is 3.71. The van der Waals surface area contributed by atoms with Gasteiger partial charge in [-0.1, -0.05) is 23.9 Å². The molecule has 1 amide bonds. The zero-order valence-electron chi connectivity index (χ0n) is 16.3. The Kier molecular flexibility index (Phi) is 6.96. The number of aromatic nitrogens is 2. The molecule has 0 aliphatic rings. The number of carbonyl (C=O) groups excluding carboxylic acids is 1. The molecule has 9 heteroatoms. The summed E-state index contributed by atoms with van der Waals surface area (Å²) >= 11 is 1.14. The number of methoxy groups -OCH3 is 2. The molecule has 0 atom stereocenters. The molecule has 0 aliphatic carbocycles. The number of nitrogens with zero attached hydrogens (tertiary/aromatic N) is 2. The SMILES string of the molecule is COc1ccc(OC)c(NC(=O)CSc2nnc(COc3cccc(C)c3)o2)c1. The molecule has 2 aromatic carbocycles. The summed E-state index contributed by atoms with van der Waals surface area (Å²) in [5, 5.41) is 10.9. The fourth-order valence-electron chi connectivity index (χ4n) is 2.43. The van der Waals surface area contributed by atoms with Crippen LogP contribution in [-0.4, -0.2) is 36.1 Å². The van der Waals surface area contributed by atoms with Crippen molar-refractivity contribution >= 4 is 23.4 Å². The molecule has 1 aromatic heterocycles. The van der Waals surface area contributed by atoms with Crippen LogP contribution in [0, 0.1) is 6.92 Å². The van der Waals surface area contributed by atoms with E-state index >= 15 is 0 Å². The molecular formula is C20H21N3O5S. The highest BCUT2D eigenvalue weighted by Gasteiger charge is 2.13. The molecule has 0 radical (unpaired) electrons. The van der Waals surface area contributed by atoms with Gasteiger partial charge in [0.25, 0.3) is 11.1 Å². The summed E-state index contributed by atoms with van der Waals surface area (Å²) < 4.78 is 21.6. The predicted molar refractivity (Wildman–Crippen MR) is 109 cm³/mol. The lowest BCUT2D eigenvalue weighted by Crippen LogP contribution is -2.14. The zero-order chi connectivity index (χ0) is 20.6. The molecule has 1 N–H and O–H groups in total. The van der Waals surface area contributed by atoms with E-state index in [1.54, 1.807) is 25.3 Å². The quantitative estimate of drug-likeness (QED) is 0.529. The number of hydrogen-bond acceptors (Lipinski definition) is 8. The van der Waals surface area contributed by atoms with Crippen LogP contribution in [0.5, 0.6) is 17.2 Å². The molecule has 8 nitrogen and oxygen atoms in total. The number of aryl methyl sites for hydroxylation is 1. The number of rotatable bonds is 9. The lowest BCUT2D eigenvalue weighted by molar-refractivity contribution is -0.113. The second-order valence-corrected chi connectivity index (χ2v) is 6.90. The summed E-state index contributed by atoms with van der Waals surface area (Å²) in [6, 6.07) is 12.8. The zero-order valence-corrected chi connectivity index (χ0v) is 17.1. The van der Waals surface area contributed by atoms with E-state index in [9.17, 15) is 4.79 Å². The summed E-state index contributed by atoms with van der Waals surface area (Å²) in [6.45, 7) is 2.14. The van der Waals surface area contributed by atoms with Gasteiger partial charge in [-0.3, -0.25) is 4.79 Å². The first-order valence-corrected chi connectivity index (χ1v) is 9.72. The number of ether oxygens (including phenoxy) is 3. The van der Waals surface area contributed by atoms with Crippen LogP contribution in [0.3, 0.4) is 0 Å². The summed E-state index contributed by atoms with van der Waals surface area (Å²) in [6.07, 6.45) is 0. The van der Waals surface area contributed by atoms with Gasteiger partial charge in [0, 0.05) is 6.07 Å². The summed E-state index contributed by atoms with van der Waals surface area (Å²) in [5.41, 5.74) is 1.62. The number of anilines is 1. The lowest BCUT2D eigenvalue weighted by Gasteiger charge is -2.11. The second-order valence-electron chi connectivity index (χ2n) is 5.97. The van der Waals surface area contributed by atoms with Crippen LogP contribution in [0.25, 0.3) is 0 Å². The molecule has 0 unspecified atom stereocenters. The largest absolute Gasteiger partial charge is 0.497 e. The van der Waals surface area contributed by atoms with Gasteiger partial charge in [0.2, 0.25) is 5.91 Å². The Morgan fingerprint density at radius 2 is 1.97 bits per heavy atom. The Bertz CT molecular complexity index is 976. The van der Waals surface area contributed by atoms with Crippen molar-refractivity contribution in [2.45, 2.75) is 18.8 Å². The van der Waals surface area contributed by atoms with Crippen molar-refractivity contribution in [1.29, 1.82) is 0 Å². The molecule has 29 heavy (non-hydrogen) atoms. The number of amides is 1. The highest BCUT2D eigenvalue weighted by atomic mass is 32.2. The summed E-state index contributed by atoms with van der Waals surface area (Å²) in [4.78, 5) is 12.3. The number of hydrogen-bond donors (Lipinski definition) is 1. The van der Waals surface area contributed by atoms with Crippen LogP contribution < -0.4 is 19.5 Å². The smallest absolute Gasteiger partial charge is 0.277 e. The van der Waals surface area contributed by atoms with Crippen molar-refractivity contribution in [3.05, 3.63) is 53.9 Å². The molecule has 152 valence electrons. The first kappa shape index (κ1) is 20.5. The average Bonchev–Trinajstić information content (AvgIpc) is 3.18. The normalized spacial score (nSPS) is 10.4. The van der Waals surface area contributed by atoms with Crippen LogP contribution in [0.15, 0.2) is 52.1 Å². The van der Waals surface area contributed by atoms with Gasteiger partial charge in [-0.05, 0) is 36.8 Å². The summed E-state index contributed by atoms with van der Waals surface area (Å²) in [5.74, 6) is 2.08. The molecule has 0 bridgehead atoms. The molecule has 0 saturated heterocycles. The Hall–Kier alpha value is -3.20. The van der Waals surface area contributed by atoms with E-state index in [1.165, 1.54) is 7.11 Å². The van der Waals surface area contributed by atoms with Crippen molar-refractivity contribution in [2.24, 2.45) is 0 Å². The fraction of sp³-hybridized carbons (Fsp3) is 0.250. The van der Waals surface area contributed by atoms with Gasteiger partial charge in [-0.25, -0.2) is 0 Å². The first-order valence-electron chi connectivity index (χ1n) is 8.74. The Balaban J connectivity index is 1.51. The van der Waals surface area contributed by atoms with Crippen molar-refractivity contribution < 1.29 is 23.4 Å². The molecule has 1 heterocycles. The maximum Gasteiger partial charge on any atom is 0.277 e. The maximum absolute atomic E-state index is 12.3. The van der Waals surface area contributed by atoms with E-state index in [4.69, 9.17) is 18.6 Å². The lowest BCUT2D eigenvalue weighted by atomic mass is 10.2. The van der Waals surface area contributed by atoms with Gasteiger partial charge in [0.15, 0.2) is 6.61 Å². The van der Waals surface area contributed by atoms with Crippen LogP contribution in [0.1, 0.15) is 11.5 Å². The van der Waals surface area contributed by atoms with Crippen LogP contribution in [-0.2, 0) is 11.4 Å². The average molecular weight is 415 g/mol. The van der Waals surface area contributed by atoms with Gasteiger partial charge >= 0.3 is 0 Å². The Morgan fingerprint density at radius 3 is 2.72 bits per heavy atom. The highest BCUT2D eigenvalue weighted by molar-refractivity contribution is 7.99. The monoisotopic (exact) mass is 415 g/mol. The number of thioether (sulfide) groups is 1. The van der Waals surface area contributed by atoms with E-state index in [1.807, 2.05) is 31.2 Å². The third kappa shape index (κ3) is 5.89. The van der Waals surface area contributed by atoms with Gasteiger partial charge in [0.1, 0.15) is 17.2 Å². The van der Waals surface area contributed by atoms with E-state index in [0.717, 1.165) is 23.1 Å². The third-order valence-corrected chi connectivity index (χ3v) is 4.63. The Labute approximate surface area is 172 Å². The van der Waals surface area contributed by atoms with Gasteiger partial charge in [-0.2, -0.15) is 0 Å². The van der Waals surface area contributed by atoms with Crippen molar-refractivity contribution in [3.63, 3.8) is 0 Å². The topological polar surface area (TPSA) is 95.7 Å². The molecule has 0 fully saturated rings. The molecule has 0 aliphatic heterocycles. The third-order valence-electron chi connectivity index (χ3n) is 3.81.